The molecule has 1 aliphatic carbocycles. The number of hydrogen-bond donors (Lipinski definition) is 1. The van der Waals surface area contributed by atoms with Crippen molar-refractivity contribution >= 4 is 43.9 Å². The molecule has 0 radical (unpaired) electrons. The van der Waals surface area contributed by atoms with Crippen molar-refractivity contribution in [2.24, 2.45) is 4.36 Å². The van der Waals surface area contributed by atoms with Gasteiger partial charge in [-0.1, -0.05) is 6.07 Å². The molecule has 2 saturated heterocycles. The molecule has 226 valence electrons. The molecule has 1 aromatic carbocycles. The molecule has 3 aromatic heterocycles. The fourth-order valence-electron chi connectivity index (χ4n) is 6.36. The number of rotatable bonds is 7. The highest BCUT2D eigenvalue weighted by molar-refractivity contribution is 7.92. The lowest BCUT2D eigenvalue weighted by atomic mass is 10.0. The summed E-state index contributed by atoms with van der Waals surface area (Å²) in [7, 11) is -0.0968. The van der Waals surface area contributed by atoms with Crippen LogP contribution in [0.5, 0.6) is 0 Å². The Morgan fingerprint density at radius 1 is 0.907 bits per heavy atom. The van der Waals surface area contributed by atoms with Gasteiger partial charge in [0.2, 0.25) is 5.95 Å². The Labute approximate surface area is 254 Å². The number of nitrogens with one attached hydrogen (secondary N) is 1. The zero-order valence-corrected chi connectivity index (χ0v) is 26.1. The largest absolute Gasteiger partial charge is 0.371 e. The molecule has 5 heterocycles. The van der Waals surface area contributed by atoms with Crippen LogP contribution in [0.25, 0.3) is 16.9 Å². The predicted octanol–water partition coefficient (Wildman–Crippen LogP) is 5.01. The van der Waals surface area contributed by atoms with Crippen molar-refractivity contribution in [1.82, 2.24) is 29.3 Å². The second-order valence-electron chi connectivity index (χ2n) is 12.5. The number of fused-ring (bicyclic) bond motifs is 1. The van der Waals surface area contributed by atoms with E-state index in [0.29, 0.717) is 23.7 Å². The summed E-state index contributed by atoms with van der Waals surface area (Å²) in [4.78, 5) is 22.0. The first kappa shape index (κ1) is 28.2. The third kappa shape index (κ3) is 6.39. The molecule has 43 heavy (non-hydrogen) atoms. The summed E-state index contributed by atoms with van der Waals surface area (Å²) in [6.45, 7) is 6.95. The van der Waals surface area contributed by atoms with E-state index in [-0.39, 0.29) is 0 Å². The fourth-order valence-corrected chi connectivity index (χ4v) is 6.92. The van der Waals surface area contributed by atoms with Gasteiger partial charge in [0.15, 0.2) is 11.5 Å². The summed E-state index contributed by atoms with van der Waals surface area (Å²) in [5, 5.41) is 4.39. The van der Waals surface area contributed by atoms with Gasteiger partial charge in [-0.05, 0) is 81.1 Å². The van der Waals surface area contributed by atoms with E-state index < -0.39 is 9.73 Å². The van der Waals surface area contributed by atoms with Gasteiger partial charge in [-0.3, -0.25) is 9.47 Å². The van der Waals surface area contributed by atoms with E-state index in [4.69, 9.17) is 9.97 Å². The van der Waals surface area contributed by atoms with Gasteiger partial charge in [-0.25, -0.2) is 14.2 Å². The van der Waals surface area contributed by atoms with Crippen LogP contribution in [0.1, 0.15) is 37.3 Å². The molecule has 1 saturated carbocycles. The van der Waals surface area contributed by atoms with Crippen LogP contribution < -0.4 is 10.2 Å². The first-order chi connectivity index (χ1) is 20.8. The van der Waals surface area contributed by atoms with Gasteiger partial charge in [0.1, 0.15) is 5.82 Å². The molecular formula is C32H41N9OS. The van der Waals surface area contributed by atoms with Crippen molar-refractivity contribution in [3.05, 3.63) is 60.4 Å². The molecule has 0 atom stereocenters. The summed E-state index contributed by atoms with van der Waals surface area (Å²) in [5.41, 5.74) is 4.20. The second kappa shape index (κ2) is 11.5. The average Bonchev–Trinajstić information content (AvgIpc) is 3.77. The standard InChI is InChI=1S/C32H41N9OS/c1-38-17-19-40(20-18-38)27-13-15-39(16-14-27)26-11-9-25(10-12-26)34-32-33-22-24-21-28(23-7-8-23)41(31(24)36-32)30-6-4-5-29(35-30)37-43(2,3)42/h4-6,9-12,21-23,27H,7-8,13-20H2,1-3H3,(H,33,34,36). The zero-order chi connectivity index (χ0) is 29.6. The Kier molecular flexibility index (Phi) is 7.56. The minimum Gasteiger partial charge on any atom is -0.371 e. The highest BCUT2D eigenvalue weighted by Crippen LogP contribution is 2.43. The van der Waals surface area contributed by atoms with Gasteiger partial charge in [0, 0.05) is 96.2 Å². The van der Waals surface area contributed by atoms with E-state index >= 15 is 0 Å². The summed E-state index contributed by atoms with van der Waals surface area (Å²) in [5.74, 6) is 2.22. The van der Waals surface area contributed by atoms with Crippen LogP contribution in [0.4, 0.5) is 23.1 Å². The molecular weight excluding hydrogens is 558 g/mol. The predicted molar refractivity (Wildman–Crippen MR) is 175 cm³/mol. The number of piperazine rings is 1. The molecule has 3 aliphatic rings. The first-order valence-corrected chi connectivity index (χ1v) is 17.7. The van der Waals surface area contributed by atoms with Crippen molar-refractivity contribution in [2.75, 3.05) is 69.0 Å². The monoisotopic (exact) mass is 599 g/mol. The van der Waals surface area contributed by atoms with Gasteiger partial charge in [0.25, 0.3) is 0 Å². The molecule has 10 nitrogen and oxygen atoms in total. The summed E-state index contributed by atoms with van der Waals surface area (Å²) in [6.07, 6.45) is 9.87. The Morgan fingerprint density at radius 3 is 2.35 bits per heavy atom. The van der Waals surface area contributed by atoms with Gasteiger partial charge in [0.05, 0.1) is 0 Å². The highest BCUT2D eigenvalue weighted by atomic mass is 32.2. The number of aromatic nitrogens is 4. The number of piperidine rings is 1. The molecule has 0 spiro atoms. The van der Waals surface area contributed by atoms with Gasteiger partial charge >= 0.3 is 0 Å². The van der Waals surface area contributed by atoms with Crippen molar-refractivity contribution in [1.29, 1.82) is 0 Å². The number of benzene rings is 1. The third-order valence-electron chi connectivity index (χ3n) is 8.83. The summed E-state index contributed by atoms with van der Waals surface area (Å²) >= 11 is 0. The van der Waals surface area contributed by atoms with E-state index in [9.17, 15) is 4.21 Å². The average molecular weight is 600 g/mol. The van der Waals surface area contributed by atoms with Crippen molar-refractivity contribution in [3.8, 4) is 5.82 Å². The number of pyridine rings is 1. The topological polar surface area (TPSA) is 94.8 Å². The molecule has 2 aliphatic heterocycles. The molecule has 11 heteroatoms. The van der Waals surface area contributed by atoms with Gasteiger partial charge in [-0.15, -0.1) is 0 Å². The van der Waals surface area contributed by atoms with E-state index in [2.05, 4.69) is 71.3 Å². The van der Waals surface area contributed by atoms with Crippen LogP contribution in [0.15, 0.2) is 59.1 Å². The SMILES string of the molecule is CN1CCN(C2CCN(c3ccc(Nc4ncc5cc(C6CC6)n(-c6cccc(N=S(C)(C)=O)n6)c5n4)cc3)CC2)CC1. The van der Waals surface area contributed by atoms with E-state index in [1.165, 1.54) is 50.4 Å². The molecule has 3 fully saturated rings. The Bertz CT molecular complexity index is 1720. The Morgan fingerprint density at radius 2 is 1.65 bits per heavy atom. The highest BCUT2D eigenvalue weighted by Gasteiger charge is 2.30. The van der Waals surface area contributed by atoms with Crippen LogP contribution in [0.3, 0.4) is 0 Å². The van der Waals surface area contributed by atoms with Crippen molar-refractivity contribution in [2.45, 2.75) is 37.6 Å². The maximum Gasteiger partial charge on any atom is 0.229 e. The number of likely N-dealkylation sites (N-methyl/N-ethyl adjacent to an activating group) is 1. The second-order valence-corrected chi connectivity index (χ2v) is 15.1. The Balaban J connectivity index is 1.08. The molecule has 0 amide bonds. The fraction of sp³-hybridized carbons (Fsp3) is 0.469. The third-order valence-corrected chi connectivity index (χ3v) is 9.46. The zero-order valence-electron chi connectivity index (χ0n) is 25.3. The molecule has 4 aromatic rings. The Hall–Kier alpha value is -3.54. The van der Waals surface area contributed by atoms with Crippen LogP contribution in [-0.4, -0.2) is 98.4 Å². The maximum atomic E-state index is 12.3. The molecule has 7 rings (SSSR count). The van der Waals surface area contributed by atoms with Crippen molar-refractivity contribution < 1.29 is 4.21 Å². The van der Waals surface area contributed by atoms with E-state index in [1.807, 2.05) is 18.3 Å². The van der Waals surface area contributed by atoms with Gasteiger partial charge < -0.3 is 15.1 Å². The summed E-state index contributed by atoms with van der Waals surface area (Å²) in [6, 6.07) is 17.2. The van der Waals surface area contributed by atoms with Crippen LogP contribution in [0, 0.1) is 0 Å². The van der Waals surface area contributed by atoms with Crippen LogP contribution >= 0.6 is 0 Å². The number of anilines is 3. The lowest BCUT2D eigenvalue weighted by molar-refractivity contribution is 0.0982. The normalized spacial score (nSPS) is 19.2. The first-order valence-electron chi connectivity index (χ1n) is 15.4. The molecule has 1 N–H and O–H groups in total. The van der Waals surface area contributed by atoms with Crippen molar-refractivity contribution in [3.63, 3.8) is 0 Å². The maximum absolute atomic E-state index is 12.3. The van der Waals surface area contributed by atoms with Crippen LogP contribution in [0.2, 0.25) is 0 Å². The lowest BCUT2D eigenvalue weighted by Crippen LogP contribution is -2.52. The minimum atomic E-state index is -2.32. The number of nitrogens with zero attached hydrogens (tertiary/aromatic N) is 8. The minimum absolute atomic E-state index is 0.465. The molecule has 0 bridgehead atoms. The number of hydrogen-bond acceptors (Lipinski definition) is 9. The quantitative estimate of drug-likeness (QED) is 0.317. The lowest BCUT2D eigenvalue weighted by Gasteiger charge is -2.42. The van der Waals surface area contributed by atoms with Crippen LogP contribution in [-0.2, 0) is 9.73 Å². The van der Waals surface area contributed by atoms with E-state index in [0.717, 1.165) is 48.5 Å². The molecule has 0 unspecified atom stereocenters. The van der Waals surface area contributed by atoms with E-state index in [1.54, 1.807) is 18.6 Å². The summed E-state index contributed by atoms with van der Waals surface area (Å²) < 4.78 is 18.8. The smallest absolute Gasteiger partial charge is 0.229 e. The van der Waals surface area contributed by atoms with Gasteiger partial charge in [-0.2, -0.15) is 9.35 Å².